The monoisotopic (exact) mass is 476 g/mol. The highest BCUT2D eigenvalue weighted by Gasteiger charge is 2.56. The zero-order valence-corrected chi connectivity index (χ0v) is 19.0. The predicted molar refractivity (Wildman–Crippen MR) is 111 cm³/mol. The lowest BCUT2D eigenvalue weighted by Gasteiger charge is -2.44. The number of benzene rings is 1. The molecule has 0 N–H and O–H groups in total. The smallest absolute Gasteiger partial charge is 0.339 e. The molecule has 1 heterocycles. The summed E-state index contributed by atoms with van der Waals surface area (Å²) < 4.78 is 26.4. The molecule has 1 aliphatic carbocycles. The Kier molecular flexibility index (Phi) is 7.45. The van der Waals surface area contributed by atoms with E-state index in [0.29, 0.717) is 0 Å². The van der Waals surface area contributed by atoms with Gasteiger partial charge in [0.2, 0.25) is 0 Å². The van der Waals surface area contributed by atoms with Gasteiger partial charge in [-0.1, -0.05) is 24.3 Å². The third kappa shape index (κ3) is 4.98. The Balaban J connectivity index is 2.01. The maximum atomic E-state index is 12.9. The number of ether oxygens (including phenoxy) is 5. The Morgan fingerprint density at radius 2 is 1.26 bits per heavy atom. The van der Waals surface area contributed by atoms with Crippen LogP contribution in [0.5, 0.6) is 0 Å². The first-order valence-corrected chi connectivity index (χ1v) is 10.5. The van der Waals surface area contributed by atoms with Crippen molar-refractivity contribution in [1.82, 2.24) is 0 Å². The van der Waals surface area contributed by atoms with Gasteiger partial charge >= 0.3 is 23.9 Å². The van der Waals surface area contributed by atoms with Crippen LogP contribution in [0.3, 0.4) is 0 Å². The second kappa shape index (κ2) is 10.1. The molecule has 182 valence electrons. The van der Waals surface area contributed by atoms with Crippen LogP contribution in [-0.4, -0.2) is 73.1 Å². The van der Waals surface area contributed by atoms with Crippen LogP contribution in [0, 0.1) is 5.92 Å². The molecule has 1 aromatic carbocycles. The molecule has 0 amide bonds. The van der Waals surface area contributed by atoms with Gasteiger partial charge < -0.3 is 23.7 Å². The van der Waals surface area contributed by atoms with E-state index >= 15 is 0 Å². The third-order valence-corrected chi connectivity index (χ3v) is 5.53. The lowest BCUT2D eigenvalue weighted by Crippen LogP contribution is -2.63. The molecule has 1 aromatic rings. The van der Waals surface area contributed by atoms with Crippen LogP contribution >= 0.6 is 0 Å². The van der Waals surface area contributed by atoms with Crippen molar-refractivity contribution in [2.24, 2.45) is 5.92 Å². The highest BCUT2D eigenvalue weighted by Crippen LogP contribution is 2.36. The number of carbonyl (C=O) groups excluding carboxylic acids is 6. The van der Waals surface area contributed by atoms with Gasteiger partial charge in [-0.25, -0.2) is 4.79 Å². The van der Waals surface area contributed by atoms with Gasteiger partial charge in [0.05, 0.1) is 13.0 Å². The van der Waals surface area contributed by atoms with Crippen molar-refractivity contribution >= 4 is 35.4 Å². The molecule has 0 aromatic heterocycles. The number of fused-ring (bicyclic) bond motifs is 1. The summed E-state index contributed by atoms with van der Waals surface area (Å²) in [7, 11) is 1.07. The van der Waals surface area contributed by atoms with Gasteiger partial charge in [0, 0.05) is 31.9 Å². The van der Waals surface area contributed by atoms with E-state index in [1.807, 2.05) is 0 Å². The molecule has 11 heteroatoms. The van der Waals surface area contributed by atoms with Crippen molar-refractivity contribution in [1.29, 1.82) is 0 Å². The zero-order valence-electron chi connectivity index (χ0n) is 19.0. The summed E-state index contributed by atoms with van der Waals surface area (Å²) in [6, 6.07) is 6.30. The van der Waals surface area contributed by atoms with Crippen molar-refractivity contribution in [2.75, 3.05) is 7.11 Å². The van der Waals surface area contributed by atoms with Gasteiger partial charge in [0.25, 0.3) is 0 Å². The second-order valence-electron chi connectivity index (χ2n) is 7.90. The molecule has 0 bridgehead atoms. The van der Waals surface area contributed by atoms with Gasteiger partial charge in [-0.3, -0.25) is 24.0 Å². The van der Waals surface area contributed by atoms with Crippen molar-refractivity contribution in [2.45, 2.75) is 57.7 Å². The Hall–Kier alpha value is -3.60. The molecule has 11 nitrogen and oxygen atoms in total. The SMILES string of the molecule is COC(=O)[C@H]1O[C@@H](CC2C(=O)c3ccccc3C2=O)[C@H](OC(C)=O)[C@@H](OC(C)=O)[C@@H]1OC(C)=O. The fourth-order valence-electron chi connectivity index (χ4n) is 4.24. The largest absolute Gasteiger partial charge is 0.467 e. The number of carbonyl (C=O) groups is 6. The van der Waals surface area contributed by atoms with Gasteiger partial charge in [0.15, 0.2) is 36.0 Å². The van der Waals surface area contributed by atoms with E-state index in [-0.39, 0.29) is 17.5 Å². The minimum Gasteiger partial charge on any atom is -0.467 e. The number of methoxy groups -OCH3 is 1. The molecular formula is C23H24O11. The fourth-order valence-corrected chi connectivity index (χ4v) is 4.24. The molecule has 0 radical (unpaired) electrons. The van der Waals surface area contributed by atoms with Crippen molar-refractivity contribution in [3.05, 3.63) is 35.4 Å². The Morgan fingerprint density at radius 3 is 1.74 bits per heavy atom. The molecule has 3 rings (SSSR count). The van der Waals surface area contributed by atoms with Crippen molar-refractivity contribution in [3.63, 3.8) is 0 Å². The van der Waals surface area contributed by atoms with Crippen LogP contribution in [0.4, 0.5) is 0 Å². The van der Waals surface area contributed by atoms with E-state index in [0.717, 1.165) is 27.9 Å². The molecule has 1 fully saturated rings. The summed E-state index contributed by atoms with van der Waals surface area (Å²) in [4.78, 5) is 73.8. The Bertz CT molecular complexity index is 994. The summed E-state index contributed by atoms with van der Waals surface area (Å²) in [6.45, 7) is 3.24. The number of Topliss-reactive ketones (excluding diaryl/α,β-unsaturated/α-hetero) is 2. The Labute approximate surface area is 194 Å². The van der Waals surface area contributed by atoms with Crippen LogP contribution in [0.1, 0.15) is 47.9 Å². The predicted octanol–water partition coefficient (Wildman–Crippen LogP) is 0.807. The molecule has 1 saturated heterocycles. The van der Waals surface area contributed by atoms with Gasteiger partial charge in [-0.2, -0.15) is 0 Å². The van der Waals surface area contributed by atoms with Gasteiger partial charge in [0.1, 0.15) is 6.10 Å². The number of esters is 4. The highest BCUT2D eigenvalue weighted by molar-refractivity contribution is 6.26. The van der Waals surface area contributed by atoms with E-state index in [1.165, 1.54) is 12.1 Å². The van der Waals surface area contributed by atoms with Gasteiger partial charge in [-0.05, 0) is 6.42 Å². The third-order valence-electron chi connectivity index (χ3n) is 5.53. The molecule has 0 spiro atoms. The highest BCUT2D eigenvalue weighted by atomic mass is 16.7. The fraction of sp³-hybridized carbons (Fsp3) is 0.478. The van der Waals surface area contributed by atoms with Crippen LogP contribution < -0.4 is 0 Å². The first kappa shape index (κ1) is 25.0. The van der Waals surface area contributed by atoms with E-state index in [4.69, 9.17) is 23.7 Å². The van der Waals surface area contributed by atoms with Crippen LogP contribution in [0.15, 0.2) is 24.3 Å². The van der Waals surface area contributed by atoms with E-state index in [2.05, 4.69) is 0 Å². The topological polar surface area (TPSA) is 149 Å². The summed E-state index contributed by atoms with van der Waals surface area (Å²) in [5.74, 6) is -5.47. The first-order valence-electron chi connectivity index (χ1n) is 10.5. The van der Waals surface area contributed by atoms with Gasteiger partial charge in [-0.15, -0.1) is 0 Å². The zero-order chi connectivity index (χ0) is 25.2. The van der Waals surface area contributed by atoms with Crippen LogP contribution in [-0.2, 0) is 42.9 Å². The summed E-state index contributed by atoms with van der Waals surface area (Å²) in [6.07, 6.45) is -7.50. The molecule has 5 atom stereocenters. The molecular weight excluding hydrogens is 452 g/mol. The van der Waals surface area contributed by atoms with E-state index in [9.17, 15) is 28.8 Å². The summed E-state index contributed by atoms with van der Waals surface area (Å²) in [5, 5.41) is 0. The molecule has 0 unspecified atom stereocenters. The van der Waals surface area contributed by atoms with Crippen molar-refractivity contribution < 1.29 is 52.5 Å². The standard InChI is InChI=1S/C23H24O11/c1-10(24)31-19-16(9-15-17(27)13-7-5-6-8-14(13)18(15)28)34-22(23(29)30-4)21(33-12(3)26)20(19)32-11(2)25/h5-8,15-16,19-22H,9H2,1-4H3/t16-,19-,20+,21-,22-/m0/s1. The number of hydrogen-bond donors (Lipinski definition) is 0. The second-order valence-corrected chi connectivity index (χ2v) is 7.90. The number of ketones is 2. The first-order chi connectivity index (χ1) is 16.0. The summed E-state index contributed by atoms with van der Waals surface area (Å²) in [5.41, 5.74) is 0.493. The number of rotatable bonds is 6. The van der Waals surface area contributed by atoms with Crippen LogP contribution in [0.25, 0.3) is 0 Å². The molecule has 34 heavy (non-hydrogen) atoms. The summed E-state index contributed by atoms with van der Waals surface area (Å²) >= 11 is 0. The molecule has 1 aliphatic heterocycles. The van der Waals surface area contributed by atoms with E-state index < -0.39 is 71.9 Å². The average molecular weight is 476 g/mol. The normalized spacial score (nSPS) is 26.4. The van der Waals surface area contributed by atoms with Crippen LogP contribution in [0.2, 0.25) is 0 Å². The minimum atomic E-state index is -1.58. The molecule has 2 aliphatic rings. The lowest BCUT2D eigenvalue weighted by molar-refractivity contribution is -0.249. The van der Waals surface area contributed by atoms with Crippen molar-refractivity contribution in [3.8, 4) is 0 Å². The Morgan fingerprint density at radius 1 is 0.794 bits per heavy atom. The number of hydrogen-bond acceptors (Lipinski definition) is 11. The maximum absolute atomic E-state index is 12.9. The quantitative estimate of drug-likeness (QED) is 0.326. The maximum Gasteiger partial charge on any atom is 0.339 e. The minimum absolute atomic E-state index is 0.246. The molecule has 0 saturated carbocycles. The average Bonchev–Trinajstić information content (AvgIpc) is 3.01. The van der Waals surface area contributed by atoms with E-state index in [1.54, 1.807) is 12.1 Å². The lowest BCUT2D eigenvalue weighted by atomic mass is 9.87.